The van der Waals surface area contributed by atoms with Crippen LogP contribution >= 0.6 is 15.9 Å². The van der Waals surface area contributed by atoms with E-state index in [9.17, 15) is 0 Å². The molecule has 2 aromatic rings. The number of nitrogens with zero attached hydrogens (tertiary/aromatic N) is 1. The van der Waals surface area contributed by atoms with Crippen LogP contribution in [0.2, 0.25) is 0 Å². The molecule has 1 aliphatic heterocycles. The van der Waals surface area contributed by atoms with E-state index in [4.69, 9.17) is 0 Å². The molecular weight excluding hydrogens is 298 g/mol. The van der Waals surface area contributed by atoms with Gasteiger partial charge in [0.1, 0.15) is 0 Å². The van der Waals surface area contributed by atoms with E-state index in [1.54, 1.807) is 0 Å². The lowest BCUT2D eigenvalue weighted by Gasteiger charge is -2.26. The van der Waals surface area contributed by atoms with Crippen LogP contribution in [0, 0.1) is 6.92 Å². The quantitative estimate of drug-likeness (QED) is 0.707. The lowest BCUT2D eigenvalue weighted by molar-refractivity contribution is 0.758. The van der Waals surface area contributed by atoms with Crippen molar-refractivity contribution in [3.05, 3.63) is 59.2 Å². The molecule has 1 nitrogen and oxygen atoms in total. The first kappa shape index (κ1) is 12.7. The van der Waals surface area contributed by atoms with E-state index in [2.05, 4.69) is 77.1 Å². The van der Waals surface area contributed by atoms with Gasteiger partial charge >= 0.3 is 0 Å². The Hall–Kier alpha value is -1.28. The van der Waals surface area contributed by atoms with Crippen LogP contribution in [-0.4, -0.2) is 6.04 Å². The highest BCUT2D eigenvalue weighted by atomic mass is 79.9. The predicted octanol–water partition coefficient (Wildman–Crippen LogP) is 4.97. The van der Waals surface area contributed by atoms with Gasteiger partial charge in [0.15, 0.2) is 0 Å². The van der Waals surface area contributed by atoms with Gasteiger partial charge in [-0.15, -0.1) is 0 Å². The third-order valence-electron chi connectivity index (χ3n) is 3.96. The third kappa shape index (κ3) is 2.18. The van der Waals surface area contributed by atoms with Crippen molar-refractivity contribution in [2.45, 2.75) is 31.6 Å². The number of benzene rings is 2. The number of anilines is 2. The molecule has 0 saturated carbocycles. The van der Waals surface area contributed by atoms with Crippen molar-refractivity contribution in [1.29, 1.82) is 0 Å². The van der Waals surface area contributed by atoms with Crippen molar-refractivity contribution in [2.75, 3.05) is 4.90 Å². The maximum Gasteiger partial charge on any atom is 0.0446 e. The number of alkyl halides is 1. The summed E-state index contributed by atoms with van der Waals surface area (Å²) in [7, 11) is 0. The number of aryl methyl sites for hydroxylation is 1. The Morgan fingerprint density at radius 2 is 2.00 bits per heavy atom. The summed E-state index contributed by atoms with van der Waals surface area (Å²) in [6.07, 6.45) is 1.13. The highest BCUT2D eigenvalue weighted by Crippen LogP contribution is 2.38. The van der Waals surface area contributed by atoms with E-state index >= 15 is 0 Å². The number of halogens is 1. The molecule has 3 rings (SSSR count). The third-order valence-corrected chi connectivity index (χ3v) is 4.56. The molecule has 0 aliphatic carbocycles. The fraction of sp³-hybridized carbons (Fsp3) is 0.294. The molecular formula is C17H18BrN. The zero-order valence-electron chi connectivity index (χ0n) is 11.4. The zero-order valence-corrected chi connectivity index (χ0v) is 12.9. The van der Waals surface area contributed by atoms with E-state index in [1.165, 1.54) is 28.1 Å². The highest BCUT2D eigenvalue weighted by Gasteiger charge is 2.26. The lowest BCUT2D eigenvalue weighted by atomic mass is 10.1. The van der Waals surface area contributed by atoms with Crippen LogP contribution in [0.3, 0.4) is 0 Å². The molecule has 1 unspecified atom stereocenters. The molecule has 0 N–H and O–H groups in total. The first-order valence-corrected chi connectivity index (χ1v) is 7.85. The first-order chi connectivity index (χ1) is 9.20. The summed E-state index contributed by atoms with van der Waals surface area (Å²) in [5.74, 6) is 0. The molecule has 0 amide bonds. The minimum absolute atomic E-state index is 0.534. The fourth-order valence-electron chi connectivity index (χ4n) is 2.94. The van der Waals surface area contributed by atoms with Gasteiger partial charge in [-0.1, -0.05) is 40.2 Å². The molecule has 1 heterocycles. The fourth-order valence-corrected chi connectivity index (χ4v) is 3.57. The smallest absolute Gasteiger partial charge is 0.0446 e. The summed E-state index contributed by atoms with van der Waals surface area (Å²) in [5.41, 5.74) is 6.84. The molecule has 0 radical (unpaired) electrons. The number of para-hydroxylation sites is 1. The van der Waals surface area contributed by atoms with Gasteiger partial charge in [0.25, 0.3) is 0 Å². The maximum atomic E-state index is 3.54. The van der Waals surface area contributed by atoms with Crippen molar-refractivity contribution in [1.82, 2.24) is 0 Å². The van der Waals surface area contributed by atoms with Gasteiger partial charge in [0, 0.05) is 22.7 Å². The number of hydrogen-bond donors (Lipinski definition) is 0. The highest BCUT2D eigenvalue weighted by molar-refractivity contribution is 9.08. The molecule has 19 heavy (non-hydrogen) atoms. The lowest BCUT2D eigenvalue weighted by Crippen LogP contribution is -2.23. The Labute approximate surface area is 123 Å². The summed E-state index contributed by atoms with van der Waals surface area (Å²) in [6, 6.07) is 16.0. The van der Waals surface area contributed by atoms with Gasteiger partial charge in [0.05, 0.1) is 0 Å². The monoisotopic (exact) mass is 315 g/mol. The van der Waals surface area contributed by atoms with Crippen LogP contribution in [0.1, 0.15) is 23.6 Å². The second-order valence-corrected chi connectivity index (χ2v) is 5.86. The topological polar surface area (TPSA) is 3.24 Å². The van der Waals surface area contributed by atoms with Crippen molar-refractivity contribution >= 4 is 27.3 Å². The van der Waals surface area contributed by atoms with Gasteiger partial charge in [-0.3, -0.25) is 0 Å². The first-order valence-electron chi connectivity index (χ1n) is 6.73. The molecule has 0 bridgehead atoms. The zero-order chi connectivity index (χ0) is 13.4. The Morgan fingerprint density at radius 3 is 2.74 bits per heavy atom. The van der Waals surface area contributed by atoms with Gasteiger partial charge < -0.3 is 4.90 Å². The minimum atomic E-state index is 0.534. The molecule has 0 spiro atoms. The molecule has 98 valence electrons. The molecule has 0 saturated heterocycles. The number of rotatable bonds is 2. The van der Waals surface area contributed by atoms with Gasteiger partial charge in [-0.05, 0) is 55.2 Å². The Balaban J connectivity index is 2.05. The van der Waals surface area contributed by atoms with Crippen LogP contribution in [0.4, 0.5) is 11.4 Å². The predicted molar refractivity (Wildman–Crippen MR) is 85.6 cm³/mol. The SMILES string of the molecule is Cc1cc(N2c3ccccc3CC2C)ccc1CBr. The Bertz CT molecular complexity index is 606. The van der Waals surface area contributed by atoms with E-state index in [-0.39, 0.29) is 0 Å². The average molecular weight is 316 g/mol. The Kier molecular flexibility index (Phi) is 3.36. The van der Waals surface area contributed by atoms with Crippen molar-refractivity contribution < 1.29 is 0 Å². The summed E-state index contributed by atoms with van der Waals surface area (Å²) < 4.78 is 0. The van der Waals surface area contributed by atoms with Crippen LogP contribution in [0.15, 0.2) is 42.5 Å². The number of hydrogen-bond acceptors (Lipinski definition) is 1. The molecule has 1 aliphatic rings. The molecule has 0 fully saturated rings. The second kappa shape index (κ2) is 5.01. The Morgan fingerprint density at radius 1 is 1.21 bits per heavy atom. The van der Waals surface area contributed by atoms with Crippen LogP contribution in [-0.2, 0) is 11.8 Å². The molecule has 2 aromatic carbocycles. The normalized spacial score (nSPS) is 17.6. The largest absolute Gasteiger partial charge is 0.338 e. The summed E-state index contributed by atoms with van der Waals surface area (Å²) in [5, 5.41) is 0.922. The summed E-state index contributed by atoms with van der Waals surface area (Å²) in [6.45, 7) is 4.49. The van der Waals surface area contributed by atoms with E-state index < -0.39 is 0 Å². The minimum Gasteiger partial charge on any atom is -0.338 e. The number of fused-ring (bicyclic) bond motifs is 1. The van der Waals surface area contributed by atoms with E-state index in [0.717, 1.165) is 11.8 Å². The summed E-state index contributed by atoms with van der Waals surface area (Å²) in [4.78, 5) is 2.46. The van der Waals surface area contributed by atoms with Crippen molar-refractivity contribution in [2.24, 2.45) is 0 Å². The van der Waals surface area contributed by atoms with Gasteiger partial charge in [-0.25, -0.2) is 0 Å². The average Bonchev–Trinajstić information content (AvgIpc) is 2.74. The van der Waals surface area contributed by atoms with Crippen molar-refractivity contribution in [3.8, 4) is 0 Å². The standard InChI is InChI=1S/C17H18BrN/c1-12-9-16(8-7-15(12)11-18)19-13(2)10-14-5-3-4-6-17(14)19/h3-9,13H,10-11H2,1-2H3. The van der Waals surface area contributed by atoms with Crippen molar-refractivity contribution in [3.63, 3.8) is 0 Å². The van der Waals surface area contributed by atoms with Crippen LogP contribution in [0.5, 0.6) is 0 Å². The maximum absolute atomic E-state index is 3.54. The molecule has 2 heteroatoms. The molecule has 1 atom stereocenters. The summed E-state index contributed by atoms with van der Waals surface area (Å²) >= 11 is 3.54. The van der Waals surface area contributed by atoms with Crippen LogP contribution in [0.25, 0.3) is 0 Å². The van der Waals surface area contributed by atoms with E-state index in [0.29, 0.717) is 6.04 Å². The molecule has 0 aromatic heterocycles. The van der Waals surface area contributed by atoms with Gasteiger partial charge in [-0.2, -0.15) is 0 Å². The second-order valence-electron chi connectivity index (χ2n) is 5.30. The van der Waals surface area contributed by atoms with E-state index in [1.807, 2.05) is 0 Å². The van der Waals surface area contributed by atoms with Gasteiger partial charge in [0.2, 0.25) is 0 Å². The van der Waals surface area contributed by atoms with Crippen LogP contribution < -0.4 is 4.90 Å².